The molecule has 0 bridgehead atoms. The summed E-state index contributed by atoms with van der Waals surface area (Å²) in [6.07, 6.45) is 15.0. The first kappa shape index (κ1) is 15.3. The number of hydrogen-bond acceptors (Lipinski definition) is 2. The molecule has 0 aromatic heterocycles. The van der Waals surface area contributed by atoms with Gasteiger partial charge >= 0.3 is 0 Å². The highest BCUT2D eigenvalue weighted by atomic mass is 16.5. The van der Waals surface area contributed by atoms with Crippen LogP contribution in [0, 0.1) is 5.92 Å². The first-order valence-electron chi connectivity index (χ1n) is 8.61. The molecule has 2 aliphatic carbocycles. The van der Waals surface area contributed by atoms with Crippen molar-refractivity contribution in [3.63, 3.8) is 0 Å². The van der Waals surface area contributed by atoms with Crippen molar-refractivity contribution in [1.29, 1.82) is 0 Å². The average Bonchev–Trinajstić information content (AvgIpc) is 2.76. The standard InChI is InChI=1S/C17H33NO/c1-3-14-18-16(15-10-6-4-5-7-11-15)17(19-2)12-8-9-13-17/h15-16,18H,3-14H2,1-2H3. The van der Waals surface area contributed by atoms with Crippen LogP contribution < -0.4 is 5.32 Å². The van der Waals surface area contributed by atoms with Gasteiger partial charge in [-0.2, -0.15) is 0 Å². The average molecular weight is 267 g/mol. The zero-order chi connectivity index (χ0) is 13.6. The molecule has 0 spiro atoms. The Balaban J connectivity index is 2.08. The first-order valence-corrected chi connectivity index (χ1v) is 8.61. The third kappa shape index (κ3) is 3.72. The van der Waals surface area contributed by atoms with E-state index in [0.29, 0.717) is 6.04 Å². The predicted molar refractivity (Wildman–Crippen MR) is 81.5 cm³/mol. The predicted octanol–water partition coefficient (Wildman–Crippen LogP) is 4.28. The fourth-order valence-electron chi connectivity index (χ4n) is 4.34. The SMILES string of the molecule is CCCNC(C1CCCCCC1)C1(OC)CCCC1. The van der Waals surface area contributed by atoms with Gasteiger partial charge in [-0.05, 0) is 44.6 Å². The number of nitrogens with one attached hydrogen (secondary N) is 1. The van der Waals surface area contributed by atoms with Crippen LogP contribution in [0.25, 0.3) is 0 Å². The molecule has 19 heavy (non-hydrogen) atoms. The largest absolute Gasteiger partial charge is 0.377 e. The monoisotopic (exact) mass is 267 g/mol. The van der Waals surface area contributed by atoms with Gasteiger partial charge in [0.05, 0.1) is 5.60 Å². The van der Waals surface area contributed by atoms with Crippen LogP contribution in [0.4, 0.5) is 0 Å². The quantitative estimate of drug-likeness (QED) is 0.725. The van der Waals surface area contributed by atoms with Crippen LogP contribution in [0.15, 0.2) is 0 Å². The van der Waals surface area contributed by atoms with Gasteiger partial charge in [0, 0.05) is 13.2 Å². The van der Waals surface area contributed by atoms with Crippen LogP contribution in [0.2, 0.25) is 0 Å². The van der Waals surface area contributed by atoms with Gasteiger partial charge in [-0.15, -0.1) is 0 Å². The van der Waals surface area contributed by atoms with Crippen LogP contribution in [-0.4, -0.2) is 25.3 Å². The highest BCUT2D eigenvalue weighted by molar-refractivity contribution is 5.00. The van der Waals surface area contributed by atoms with E-state index in [-0.39, 0.29) is 5.60 Å². The van der Waals surface area contributed by atoms with Gasteiger partial charge in [-0.1, -0.05) is 45.4 Å². The second-order valence-electron chi connectivity index (χ2n) is 6.66. The fourth-order valence-corrected chi connectivity index (χ4v) is 4.34. The number of methoxy groups -OCH3 is 1. The Kier molecular flexibility index (Phi) is 6.15. The van der Waals surface area contributed by atoms with Gasteiger partial charge in [-0.25, -0.2) is 0 Å². The molecular weight excluding hydrogens is 234 g/mol. The molecular formula is C17H33NO. The van der Waals surface area contributed by atoms with E-state index in [2.05, 4.69) is 12.2 Å². The van der Waals surface area contributed by atoms with E-state index >= 15 is 0 Å². The molecule has 0 aromatic carbocycles. The maximum atomic E-state index is 6.09. The molecule has 0 radical (unpaired) electrons. The summed E-state index contributed by atoms with van der Waals surface area (Å²) >= 11 is 0. The van der Waals surface area contributed by atoms with Crippen LogP contribution in [-0.2, 0) is 4.74 Å². The van der Waals surface area contributed by atoms with E-state index in [0.717, 1.165) is 12.5 Å². The van der Waals surface area contributed by atoms with Crippen molar-refractivity contribution in [1.82, 2.24) is 5.32 Å². The van der Waals surface area contributed by atoms with Gasteiger partial charge in [0.1, 0.15) is 0 Å². The Bertz CT molecular complexity index is 240. The molecule has 2 rings (SSSR count). The fraction of sp³-hybridized carbons (Fsp3) is 1.00. The third-order valence-electron chi connectivity index (χ3n) is 5.41. The number of hydrogen-bond donors (Lipinski definition) is 1. The van der Waals surface area contributed by atoms with Gasteiger partial charge < -0.3 is 10.1 Å². The second-order valence-corrected chi connectivity index (χ2v) is 6.66. The van der Waals surface area contributed by atoms with Gasteiger partial charge in [-0.3, -0.25) is 0 Å². The lowest BCUT2D eigenvalue weighted by Gasteiger charge is -2.42. The second kappa shape index (κ2) is 7.64. The Morgan fingerprint density at radius 3 is 2.21 bits per heavy atom. The van der Waals surface area contributed by atoms with Crippen LogP contribution in [0.1, 0.15) is 77.6 Å². The third-order valence-corrected chi connectivity index (χ3v) is 5.41. The molecule has 2 fully saturated rings. The molecule has 2 aliphatic rings. The molecule has 0 aliphatic heterocycles. The van der Waals surface area contributed by atoms with Gasteiger partial charge in [0.2, 0.25) is 0 Å². The van der Waals surface area contributed by atoms with E-state index in [4.69, 9.17) is 4.74 Å². The molecule has 2 nitrogen and oxygen atoms in total. The molecule has 2 heteroatoms. The maximum absolute atomic E-state index is 6.09. The minimum Gasteiger partial charge on any atom is -0.377 e. The molecule has 112 valence electrons. The van der Waals surface area contributed by atoms with E-state index in [1.54, 1.807) is 0 Å². The van der Waals surface area contributed by atoms with E-state index < -0.39 is 0 Å². The Hall–Kier alpha value is -0.0800. The number of ether oxygens (including phenoxy) is 1. The summed E-state index contributed by atoms with van der Waals surface area (Å²) < 4.78 is 6.09. The zero-order valence-corrected chi connectivity index (χ0v) is 13.0. The molecule has 2 saturated carbocycles. The van der Waals surface area contributed by atoms with Crippen molar-refractivity contribution in [2.75, 3.05) is 13.7 Å². The Morgan fingerprint density at radius 2 is 1.68 bits per heavy atom. The van der Waals surface area contributed by atoms with E-state index in [9.17, 15) is 0 Å². The summed E-state index contributed by atoms with van der Waals surface area (Å²) in [6, 6.07) is 0.595. The van der Waals surface area contributed by atoms with E-state index in [1.165, 1.54) is 70.6 Å². The highest BCUT2D eigenvalue weighted by Gasteiger charge is 2.44. The lowest BCUT2D eigenvalue weighted by molar-refractivity contribution is -0.0537. The molecule has 0 amide bonds. The first-order chi connectivity index (χ1) is 9.32. The van der Waals surface area contributed by atoms with Crippen molar-refractivity contribution >= 4 is 0 Å². The summed E-state index contributed by atoms with van der Waals surface area (Å²) in [5.41, 5.74) is 0.143. The molecule has 0 heterocycles. The topological polar surface area (TPSA) is 21.3 Å². The lowest BCUT2D eigenvalue weighted by atomic mass is 9.79. The summed E-state index contributed by atoms with van der Waals surface area (Å²) in [7, 11) is 1.95. The zero-order valence-electron chi connectivity index (χ0n) is 13.0. The molecule has 1 unspecified atom stereocenters. The smallest absolute Gasteiger partial charge is 0.0833 e. The van der Waals surface area contributed by atoms with Crippen molar-refractivity contribution in [3.05, 3.63) is 0 Å². The highest BCUT2D eigenvalue weighted by Crippen LogP contribution is 2.41. The van der Waals surface area contributed by atoms with Crippen molar-refractivity contribution in [3.8, 4) is 0 Å². The molecule has 1 N–H and O–H groups in total. The summed E-state index contributed by atoms with van der Waals surface area (Å²) in [5.74, 6) is 0.840. The van der Waals surface area contributed by atoms with Crippen molar-refractivity contribution in [2.24, 2.45) is 5.92 Å². The maximum Gasteiger partial charge on any atom is 0.0833 e. The van der Waals surface area contributed by atoms with Crippen molar-refractivity contribution < 1.29 is 4.74 Å². The van der Waals surface area contributed by atoms with Gasteiger partial charge in [0.25, 0.3) is 0 Å². The molecule has 1 atom stereocenters. The van der Waals surface area contributed by atoms with Crippen LogP contribution in [0.3, 0.4) is 0 Å². The van der Waals surface area contributed by atoms with Crippen LogP contribution in [0.5, 0.6) is 0 Å². The summed E-state index contributed by atoms with van der Waals surface area (Å²) in [6.45, 7) is 3.41. The van der Waals surface area contributed by atoms with Crippen molar-refractivity contribution in [2.45, 2.75) is 89.2 Å². The minimum atomic E-state index is 0.143. The summed E-state index contributed by atoms with van der Waals surface area (Å²) in [5, 5.41) is 3.88. The normalized spacial score (nSPS) is 26.2. The minimum absolute atomic E-state index is 0.143. The summed E-state index contributed by atoms with van der Waals surface area (Å²) in [4.78, 5) is 0. The van der Waals surface area contributed by atoms with Gasteiger partial charge in [0.15, 0.2) is 0 Å². The molecule has 0 aromatic rings. The Labute approximate surface area is 119 Å². The lowest BCUT2D eigenvalue weighted by Crippen LogP contribution is -2.54. The Morgan fingerprint density at radius 1 is 1.05 bits per heavy atom. The number of rotatable bonds is 6. The molecule has 0 saturated heterocycles. The van der Waals surface area contributed by atoms with E-state index in [1.807, 2.05) is 7.11 Å². The van der Waals surface area contributed by atoms with Crippen LogP contribution >= 0.6 is 0 Å².